The Morgan fingerprint density at radius 1 is 1.10 bits per heavy atom. The number of methoxy groups -OCH3 is 1. The quantitative estimate of drug-likeness (QED) is 0.556. The Morgan fingerprint density at radius 2 is 1.90 bits per heavy atom. The van der Waals surface area contributed by atoms with Gasteiger partial charge in [-0.05, 0) is 42.2 Å². The molecule has 0 unspecified atom stereocenters. The van der Waals surface area contributed by atoms with Crippen molar-refractivity contribution in [3.63, 3.8) is 0 Å². The lowest BCUT2D eigenvalue weighted by Gasteiger charge is -2.29. The molecule has 1 saturated heterocycles. The first kappa shape index (κ1) is 20.8. The summed E-state index contributed by atoms with van der Waals surface area (Å²) >= 11 is 0. The molecule has 2 aromatic carbocycles. The van der Waals surface area contributed by atoms with Gasteiger partial charge >= 0.3 is 0 Å². The Labute approximate surface area is 183 Å². The van der Waals surface area contributed by atoms with E-state index in [0.29, 0.717) is 12.2 Å². The second-order valence-corrected chi connectivity index (χ2v) is 7.83. The summed E-state index contributed by atoms with van der Waals surface area (Å²) in [6.45, 7) is 1.42. The van der Waals surface area contributed by atoms with E-state index in [1.807, 2.05) is 41.4 Å². The Kier molecular flexibility index (Phi) is 6.77. The third-order valence-electron chi connectivity index (χ3n) is 5.68. The molecule has 0 aliphatic carbocycles. The van der Waals surface area contributed by atoms with E-state index in [0.717, 1.165) is 49.1 Å². The molecule has 31 heavy (non-hydrogen) atoms. The summed E-state index contributed by atoms with van der Waals surface area (Å²) in [6.07, 6.45) is 9.51. The van der Waals surface area contributed by atoms with Crippen molar-refractivity contribution in [2.24, 2.45) is 0 Å². The van der Waals surface area contributed by atoms with Crippen LogP contribution < -0.4 is 4.74 Å². The molecule has 1 aliphatic rings. The number of aromatic nitrogens is 3. The third-order valence-corrected chi connectivity index (χ3v) is 5.68. The summed E-state index contributed by atoms with van der Waals surface area (Å²) < 4.78 is 7.06. The van der Waals surface area contributed by atoms with Gasteiger partial charge in [0.25, 0.3) is 0 Å². The molecule has 1 amide bonds. The number of carbonyl (C=O) groups excluding carboxylic acids is 1. The minimum atomic E-state index is 0.0142. The molecule has 0 N–H and O–H groups in total. The van der Waals surface area contributed by atoms with Crippen LogP contribution in [0.4, 0.5) is 0 Å². The van der Waals surface area contributed by atoms with Crippen LogP contribution in [-0.4, -0.2) is 39.5 Å². The zero-order valence-electron chi connectivity index (χ0n) is 17.9. The molecule has 6 nitrogen and oxygen atoms in total. The van der Waals surface area contributed by atoms with Crippen LogP contribution in [0, 0.1) is 0 Å². The van der Waals surface area contributed by atoms with Gasteiger partial charge in [0.05, 0.1) is 25.9 Å². The van der Waals surface area contributed by atoms with Gasteiger partial charge in [-0.25, -0.2) is 4.68 Å². The number of nitrogens with zero attached hydrogens (tertiary/aromatic N) is 4. The lowest BCUT2D eigenvalue weighted by Crippen LogP contribution is -2.33. The maximum absolute atomic E-state index is 13.1. The highest BCUT2D eigenvalue weighted by Crippen LogP contribution is 2.31. The van der Waals surface area contributed by atoms with E-state index >= 15 is 0 Å². The number of rotatable bonds is 6. The van der Waals surface area contributed by atoms with Gasteiger partial charge in [0.15, 0.2) is 0 Å². The zero-order chi connectivity index (χ0) is 21.5. The largest absolute Gasteiger partial charge is 0.497 e. The average Bonchev–Trinajstić information content (AvgIpc) is 3.11. The maximum Gasteiger partial charge on any atom is 0.247 e. The van der Waals surface area contributed by atoms with Crippen molar-refractivity contribution in [3.05, 3.63) is 83.7 Å². The highest BCUT2D eigenvalue weighted by atomic mass is 16.5. The van der Waals surface area contributed by atoms with Crippen LogP contribution in [0.2, 0.25) is 0 Å². The third kappa shape index (κ3) is 5.40. The van der Waals surface area contributed by atoms with Gasteiger partial charge in [-0.15, -0.1) is 5.10 Å². The van der Waals surface area contributed by atoms with Gasteiger partial charge in [0, 0.05) is 12.6 Å². The molecular formula is C25H28N4O2. The second kappa shape index (κ2) is 10.1. The van der Waals surface area contributed by atoms with E-state index in [9.17, 15) is 4.79 Å². The summed E-state index contributed by atoms with van der Waals surface area (Å²) in [4.78, 5) is 15.1. The van der Waals surface area contributed by atoms with Crippen LogP contribution in [-0.2, 0) is 11.3 Å². The van der Waals surface area contributed by atoms with Crippen molar-refractivity contribution in [2.75, 3.05) is 13.7 Å². The lowest BCUT2D eigenvalue weighted by molar-refractivity contribution is -0.128. The minimum Gasteiger partial charge on any atom is -0.497 e. The van der Waals surface area contributed by atoms with Crippen molar-refractivity contribution in [2.45, 2.75) is 38.3 Å². The van der Waals surface area contributed by atoms with Crippen LogP contribution in [0.5, 0.6) is 5.75 Å². The highest BCUT2D eigenvalue weighted by Gasteiger charge is 2.25. The van der Waals surface area contributed by atoms with Crippen molar-refractivity contribution in [1.29, 1.82) is 0 Å². The molecule has 0 radical (unpaired) electrons. The lowest BCUT2D eigenvalue weighted by atomic mass is 10.0. The molecule has 3 aromatic rings. The molecule has 1 aromatic heterocycles. The predicted molar refractivity (Wildman–Crippen MR) is 121 cm³/mol. The number of amides is 1. The summed E-state index contributed by atoms with van der Waals surface area (Å²) in [7, 11) is 1.66. The average molecular weight is 417 g/mol. The van der Waals surface area contributed by atoms with Gasteiger partial charge in [-0.2, -0.15) is 0 Å². The highest BCUT2D eigenvalue weighted by molar-refractivity contribution is 5.91. The number of hydrogen-bond donors (Lipinski definition) is 0. The van der Waals surface area contributed by atoms with Crippen LogP contribution in [0.1, 0.15) is 48.5 Å². The standard InChI is InChI=1S/C25H28N4O2/c1-31-23-14-11-21(12-15-23)24-10-6-3-7-17-29(24)25(30)16-13-22-19-28(27-26-22)18-20-8-4-2-5-9-20/h2,4-5,8-9,11-16,19,24H,3,6-7,10,17-18H2,1H3/b16-13+/t24-/m1/s1. The molecule has 1 fully saturated rings. The summed E-state index contributed by atoms with van der Waals surface area (Å²) in [5.41, 5.74) is 2.99. The number of benzene rings is 2. The van der Waals surface area contributed by atoms with Crippen LogP contribution >= 0.6 is 0 Å². The van der Waals surface area contributed by atoms with Crippen molar-refractivity contribution < 1.29 is 9.53 Å². The fourth-order valence-electron chi connectivity index (χ4n) is 4.03. The first-order valence-electron chi connectivity index (χ1n) is 10.8. The molecule has 6 heteroatoms. The molecular weight excluding hydrogens is 388 g/mol. The van der Waals surface area contributed by atoms with Gasteiger partial charge < -0.3 is 9.64 Å². The molecule has 4 rings (SSSR count). The number of hydrogen-bond acceptors (Lipinski definition) is 4. The van der Waals surface area contributed by atoms with Gasteiger partial charge in [0.2, 0.25) is 5.91 Å². The molecule has 1 aliphatic heterocycles. The monoisotopic (exact) mass is 416 g/mol. The van der Waals surface area contributed by atoms with Crippen LogP contribution in [0.3, 0.4) is 0 Å². The van der Waals surface area contributed by atoms with E-state index in [4.69, 9.17) is 4.74 Å². The van der Waals surface area contributed by atoms with Crippen molar-refractivity contribution in [3.8, 4) is 5.75 Å². The van der Waals surface area contributed by atoms with E-state index in [-0.39, 0.29) is 11.9 Å². The molecule has 0 saturated carbocycles. The molecule has 0 bridgehead atoms. The van der Waals surface area contributed by atoms with Crippen molar-refractivity contribution in [1.82, 2.24) is 19.9 Å². The van der Waals surface area contributed by atoms with Crippen LogP contribution in [0.25, 0.3) is 6.08 Å². The first-order valence-corrected chi connectivity index (χ1v) is 10.8. The zero-order valence-corrected chi connectivity index (χ0v) is 17.9. The van der Waals surface area contributed by atoms with Gasteiger partial charge in [0.1, 0.15) is 11.4 Å². The Morgan fingerprint density at radius 3 is 2.68 bits per heavy atom. The molecule has 0 spiro atoms. The van der Waals surface area contributed by atoms with Gasteiger partial charge in [-0.3, -0.25) is 4.79 Å². The SMILES string of the molecule is COc1ccc([C@H]2CCCCCN2C(=O)/C=C/c2cn(Cc3ccccc3)nn2)cc1. The Bertz CT molecular complexity index is 1010. The fraction of sp³-hybridized carbons (Fsp3) is 0.320. The number of likely N-dealkylation sites (tertiary alicyclic amines) is 1. The molecule has 2 heterocycles. The second-order valence-electron chi connectivity index (χ2n) is 7.83. The smallest absolute Gasteiger partial charge is 0.247 e. The van der Waals surface area contributed by atoms with Gasteiger partial charge in [-0.1, -0.05) is 60.5 Å². The summed E-state index contributed by atoms with van der Waals surface area (Å²) in [5.74, 6) is 0.842. The van der Waals surface area contributed by atoms with E-state index in [2.05, 4.69) is 34.6 Å². The predicted octanol–water partition coefficient (Wildman–Crippen LogP) is 4.49. The summed E-state index contributed by atoms with van der Waals surface area (Å²) in [6, 6.07) is 18.2. The molecule has 1 atom stereocenters. The summed E-state index contributed by atoms with van der Waals surface area (Å²) in [5, 5.41) is 8.36. The fourth-order valence-corrected chi connectivity index (χ4v) is 4.03. The first-order chi connectivity index (χ1) is 15.2. The maximum atomic E-state index is 13.1. The normalized spacial score (nSPS) is 16.9. The topological polar surface area (TPSA) is 60.2 Å². The Balaban J connectivity index is 1.45. The number of ether oxygens (including phenoxy) is 1. The number of carbonyl (C=O) groups is 1. The minimum absolute atomic E-state index is 0.0142. The van der Waals surface area contributed by atoms with Crippen LogP contribution in [0.15, 0.2) is 66.9 Å². The molecule has 160 valence electrons. The Hall–Kier alpha value is -3.41. The van der Waals surface area contributed by atoms with Crippen molar-refractivity contribution >= 4 is 12.0 Å². The van der Waals surface area contributed by atoms with E-state index in [1.165, 1.54) is 0 Å². The van der Waals surface area contributed by atoms with E-state index < -0.39 is 0 Å². The van der Waals surface area contributed by atoms with E-state index in [1.54, 1.807) is 23.9 Å².